The zero-order valence-corrected chi connectivity index (χ0v) is 20.5. The van der Waals surface area contributed by atoms with Gasteiger partial charge in [0.2, 0.25) is 0 Å². The molecule has 3 aromatic heterocycles. The summed E-state index contributed by atoms with van der Waals surface area (Å²) in [6, 6.07) is 14.4. The quantitative estimate of drug-likeness (QED) is 0.366. The van der Waals surface area contributed by atoms with Gasteiger partial charge in [-0.3, -0.25) is 9.59 Å². The first kappa shape index (κ1) is 22.4. The first-order chi connectivity index (χ1) is 18.5. The van der Waals surface area contributed by atoms with E-state index in [0.29, 0.717) is 22.3 Å². The van der Waals surface area contributed by atoms with Gasteiger partial charge in [-0.15, -0.1) is 5.10 Å². The van der Waals surface area contributed by atoms with Gasteiger partial charge >= 0.3 is 0 Å². The molecule has 5 aromatic rings. The van der Waals surface area contributed by atoms with E-state index in [4.69, 9.17) is 16.3 Å². The average Bonchev–Trinajstić information content (AvgIpc) is 3.69. The number of aromatic nitrogens is 7. The highest BCUT2D eigenvalue weighted by Gasteiger charge is 2.28. The molecule has 12 heteroatoms. The second-order valence-corrected chi connectivity index (χ2v) is 9.58. The first-order valence-electron chi connectivity index (χ1n) is 11.9. The molecule has 0 aliphatic carbocycles. The zero-order valence-electron chi connectivity index (χ0n) is 19.8. The highest BCUT2D eigenvalue weighted by molar-refractivity contribution is 6.31. The number of fused-ring (bicyclic) bond motifs is 2. The van der Waals surface area contributed by atoms with Crippen molar-refractivity contribution in [1.29, 1.82) is 0 Å². The number of ether oxygens (including phenoxy) is 1. The lowest BCUT2D eigenvalue weighted by Crippen LogP contribution is -2.25. The van der Waals surface area contributed by atoms with Crippen LogP contribution in [0.15, 0.2) is 65.8 Å². The minimum atomic E-state index is -0.216. The number of H-pyrrole nitrogens is 1. The summed E-state index contributed by atoms with van der Waals surface area (Å²) in [6.07, 6.45) is 4.71. The Bertz CT molecular complexity index is 1780. The van der Waals surface area contributed by atoms with Crippen molar-refractivity contribution in [3.63, 3.8) is 0 Å². The van der Waals surface area contributed by atoms with E-state index >= 15 is 0 Å². The third kappa shape index (κ3) is 3.75. The van der Waals surface area contributed by atoms with Gasteiger partial charge in [0, 0.05) is 27.9 Å². The Morgan fingerprint density at radius 1 is 1.05 bits per heavy atom. The number of halogens is 1. The molecule has 0 bridgehead atoms. The molecule has 7 rings (SSSR count). The summed E-state index contributed by atoms with van der Waals surface area (Å²) < 4.78 is 8.88. The maximum absolute atomic E-state index is 13.4. The number of aromatic amines is 1. The van der Waals surface area contributed by atoms with E-state index in [-0.39, 0.29) is 24.1 Å². The van der Waals surface area contributed by atoms with Crippen LogP contribution in [0, 0.1) is 0 Å². The highest BCUT2D eigenvalue weighted by Crippen LogP contribution is 2.36. The fraction of sp³-hybridized carbons (Fsp3) is 0.154. The number of nitrogens with zero attached hydrogens (tertiary/aromatic N) is 6. The van der Waals surface area contributed by atoms with E-state index in [0.717, 1.165) is 46.6 Å². The number of anilines is 1. The molecule has 2 N–H and O–H groups in total. The number of hydrogen-bond acceptors (Lipinski definition) is 7. The van der Waals surface area contributed by atoms with Crippen LogP contribution in [-0.4, -0.2) is 47.3 Å². The molecular weight excluding hydrogens is 508 g/mol. The fourth-order valence-corrected chi connectivity index (χ4v) is 5.29. The third-order valence-corrected chi connectivity index (χ3v) is 7.07. The van der Waals surface area contributed by atoms with E-state index in [2.05, 4.69) is 30.8 Å². The van der Waals surface area contributed by atoms with E-state index in [9.17, 15) is 9.59 Å². The Balaban J connectivity index is 1.23. The second-order valence-electron chi connectivity index (χ2n) is 9.14. The predicted octanol–water partition coefficient (Wildman–Crippen LogP) is 3.40. The lowest BCUT2D eigenvalue weighted by Gasteiger charge is -2.18. The molecule has 1 amide bonds. The van der Waals surface area contributed by atoms with E-state index < -0.39 is 0 Å². The van der Waals surface area contributed by atoms with Crippen molar-refractivity contribution in [1.82, 2.24) is 34.7 Å². The molecule has 38 heavy (non-hydrogen) atoms. The summed E-state index contributed by atoms with van der Waals surface area (Å²) in [5.41, 5.74) is 5.33. The van der Waals surface area contributed by atoms with Crippen molar-refractivity contribution >= 4 is 23.2 Å². The number of imidazole rings is 1. The molecule has 5 heterocycles. The number of amides is 1. The van der Waals surface area contributed by atoms with Crippen molar-refractivity contribution in [2.24, 2.45) is 0 Å². The summed E-state index contributed by atoms with van der Waals surface area (Å²) in [5, 5.41) is 14.8. The number of carbonyl (C=O) groups is 1. The summed E-state index contributed by atoms with van der Waals surface area (Å²) in [7, 11) is 0. The Morgan fingerprint density at radius 3 is 2.84 bits per heavy atom. The summed E-state index contributed by atoms with van der Waals surface area (Å²) >= 11 is 6.30. The number of pyridine rings is 1. The molecule has 1 unspecified atom stereocenters. The van der Waals surface area contributed by atoms with Crippen LogP contribution in [0.25, 0.3) is 28.1 Å². The number of tetrazole rings is 1. The fourth-order valence-electron chi connectivity index (χ4n) is 5.12. The molecular formula is C26H19ClN8O3. The van der Waals surface area contributed by atoms with E-state index in [1.54, 1.807) is 33.6 Å². The van der Waals surface area contributed by atoms with Gasteiger partial charge in [-0.25, -0.2) is 4.98 Å². The van der Waals surface area contributed by atoms with Gasteiger partial charge in [-0.1, -0.05) is 17.7 Å². The van der Waals surface area contributed by atoms with Gasteiger partial charge in [-0.05, 0) is 65.2 Å². The Kier molecular flexibility index (Phi) is 5.11. The molecule has 0 radical (unpaired) electrons. The Labute approximate surface area is 220 Å². The summed E-state index contributed by atoms with van der Waals surface area (Å²) in [5.74, 6) is 1.14. The van der Waals surface area contributed by atoms with Crippen molar-refractivity contribution in [2.45, 2.75) is 18.9 Å². The molecule has 188 valence electrons. The molecule has 0 saturated heterocycles. The lowest BCUT2D eigenvalue weighted by molar-refractivity contribution is -0.118. The maximum atomic E-state index is 13.4. The standard InChI is InChI=1S/C26H19ClN8O3/c27-16-2-5-21(34-13-29-32-33-34)18(10-16)15-7-17-3-6-22(35(17)25(37)9-15)26-28-11-20(31-26)14-1-4-19-23(8-14)38-12-24(36)30-19/h1-2,4-5,7-11,13,22H,3,6,12H2,(H,28,31)(H,30,36). The number of benzene rings is 2. The highest BCUT2D eigenvalue weighted by atomic mass is 35.5. The molecule has 2 aliphatic rings. The maximum Gasteiger partial charge on any atom is 0.262 e. The molecule has 11 nitrogen and oxygen atoms in total. The number of nitrogens with one attached hydrogen (secondary N) is 2. The van der Waals surface area contributed by atoms with E-state index in [1.807, 2.05) is 30.3 Å². The van der Waals surface area contributed by atoms with Gasteiger partial charge in [0.05, 0.1) is 29.3 Å². The van der Waals surface area contributed by atoms with Crippen LogP contribution in [0.1, 0.15) is 24.0 Å². The third-order valence-electron chi connectivity index (χ3n) is 6.84. The molecule has 0 saturated carbocycles. The minimum absolute atomic E-state index is 0.0131. The largest absolute Gasteiger partial charge is 0.482 e. The minimum Gasteiger partial charge on any atom is -0.482 e. The van der Waals surface area contributed by atoms with Crippen molar-refractivity contribution in [3.05, 3.63) is 87.9 Å². The second kappa shape index (κ2) is 8.67. The SMILES string of the molecule is O=C1COc2cc(-c3cnc(C4CCc5cc(-c6cc(Cl)ccc6-n6cnnn6)cc(=O)n54)[nH]3)ccc2N1. The molecule has 2 aliphatic heterocycles. The molecule has 0 fully saturated rings. The van der Waals surface area contributed by atoms with Crippen LogP contribution >= 0.6 is 11.6 Å². The number of hydrogen-bond donors (Lipinski definition) is 2. The smallest absolute Gasteiger partial charge is 0.262 e. The Morgan fingerprint density at radius 2 is 1.97 bits per heavy atom. The summed E-state index contributed by atoms with van der Waals surface area (Å²) in [6.45, 7) is -0.0131. The van der Waals surface area contributed by atoms with Crippen molar-refractivity contribution in [3.8, 4) is 33.8 Å². The van der Waals surface area contributed by atoms with Crippen LogP contribution in [0.3, 0.4) is 0 Å². The van der Waals surface area contributed by atoms with Gasteiger partial charge in [0.15, 0.2) is 6.61 Å². The number of carbonyl (C=O) groups excluding carboxylic acids is 1. The first-order valence-corrected chi connectivity index (χ1v) is 12.3. The summed E-state index contributed by atoms with van der Waals surface area (Å²) in [4.78, 5) is 33.0. The van der Waals surface area contributed by atoms with Crippen LogP contribution < -0.4 is 15.6 Å². The lowest BCUT2D eigenvalue weighted by atomic mass is 10.0. The molecule has 0 spiro atoms. The Hall–Kier alpha value is -4.77. The number of aryl methyl sites for hydroxylation is 1. The zero-order chi connectivity index (χ0) is 25.8. The van der Waals surface area contributed by atoms with Gasteiger partial charge in [0.25, 0.3) is 11.5 Å². The molecule has 2 aromatic carbocycles. The van der Waals surface area contributed by atoms with Crippen molar-refractivity contribution < 1.29 is 9.53 Å². The average molecular weight is 527 g/mol. The van der Waals surface area contributed by atoms with E-state index in [1.165, 1.54) is 6.33 Å². The van der Waals surface area contributed by atoms with Crippen LogP contribution in [0.4, 0.5) is 5.69 Å². The van der Waals surface area contributed by atoms with Crippen LogP contribution in [-0.2, 0) is 11.2 Å². The van der Waals surface area contributed by atoms with Crippen molar-refractivity contribution in [2.75, 3.05) is 11.9 Å². The normalized spacial score (nSPS) is 16.0. The topological polar surface area (TPSA) is 133 Å². The van der Waals surface area contributed by atoms with Crippen LogP contribution in [0.5, 0.6) is 5.75 Å². The monoisotopic (exact) mass is 526 g/mol. The number of rotatable bonds is 4. The van der Waals surface area contributed by atoms with Gasteiger partial charge < -0.3 is 19.6 Å². The van der Waals surface area contributed by atoms with Gasteiger partial charge in [-0.2, -0.15) is 4.68 Å². The molecule has 1 atom stereocenters. The van der Waals surface area contributed by atoms with Gasteiger partial charge in [0.1, 0.15) is 17.9 Å². The predicted molar refractivity (Wildman–Crippen MR) is 138 cm³/mol. The van der Waals surface area contributed by atoms with Crippen LogP contribution in [0.2, 0.25) is 5.02 Å².